The maximum atomic E-state index is 12.7. The van der Waals surface area contributed by atoms with Gasteiger partial charge in [-0.2, -0.15) is 13.2 Å². The first-order valence-corrected chi connectivity index (χ1v) is 8.83. The number of amides is 1. The van der Waals surface area contributed by atoms with E-state index in [0.717, 1.165) is 23.4 Å². The standard InChI is InChI=1S/C20H19F3N4O2/c1-13-5-3-7-16(11-13)27-14(2)18(25-26-27)19(28)24-9-10-29-17-8-4-6-15(12-17)20(21,22)23/h3-8,11-12H,9-10H2,1-2H3,(H,24,28). The van der Waals surface area contributed by atoms with Gasteiger partial charge in [0.25, 0.3) is 5.91 Å². The van der Waals surface area contributed by atoms with Gasteiger partial charge in [-0.3, -0.25) is 4.79 Å². The van der Waals surface area contributed by atoms with Crippen LogP contribution in [0.3, 0.4) is 0 Å². The number of hydrogen-bond donors (Lipinski definition) is 1. The van der Waals surface area contributed by atoms with Crippen molar-refractivity contribution in [3.63, 3.8) is 0 Å². The van der Waals surface area contributed by atoms with Gasteiger partial charge in [0.15, 0.2) is 5.69 Å². The first-order chi connectivity index (χ1) is 13.8. The Labute approximate surface area is 165 Å². The van der Waals surface area contributed by atoms with Gasteiger partial charge in [0.1, 0.15) is 12.4 Å². The molecule has 1 amide bonds. The number of alkyl halides is 3. The second kappa shape index (κ2) is 8.34. The molecule has 1 N–H and O–H groups in total. The van der Waals surface area contributed by atoms with Crippen LogP contribution in [0, 0.1) is 13.8 Å². The number of nitrogens with zero attached hydrogens (tertiary/aromatic N) is 3. The molecular weight excluding hydrogens is 385 g/mol. The molecule has 3 rings (SSSR count). The van der Waals surface area contributed by atoms with Gasteiger partial charge in [-0.15, -0.1) is 5.10 Å². The van der Waals surface area contributed by atoms with Gasteiger partial charge in [0.2, 0.25) is 0 Å². The number of carbonyl (C=O) groups excluding carboxylic acids is 1. The fourth-order valence-electron chi connectivity index (χ4n) is 2.72. The van der Waals surface area contributed by atoms with Crippen LogP contribution in [0.4, 0.5) is 13.2 Å². The summed E-state index contributed by atoms with van der Waals surface area (Å²) in [6.07, 6.45) is -4.44. The van der Waals surface area contributed by atoms with E-state index in [1.165, 1.54) is 12.1 Å². The molecule has 0 radical (unpaired) electrons. The number of aromatic nitrogens is 3. The molecule has 0 fully saturated rings. The van der Waals surface area contributed by atoms with E-state index >= 15 is 0 Å². The Morgan fingerprint density at radius 2 is 1.90 bits per heavy atom. The lowest BCUT2D eigenvalue weighted by molar-refractivity contribution is -0.137. The average molecular weight is 404 g/mol. The van der Waals surface area contributed by atoms with E-state index < -0.39 is 17.6 Å². The molecule has 0 aliphatic rings. The van der Waals surface area contributed by atoms with Gasteiger partial charge < -0.3 is 10.1 Å². The molecule has 0 saturated carbocycles. The Morgan fingerprint density at radius 3 is 2.62 bits per heavy atom. The molecule has 0 aliphatic carbocycles. The van der Waals surface area contributed by atoms with Crippen LogP contribution in [0.1, 0.15) is 27.3 Å². The highest BCUT2D eigenvalue weighted by molar-refractivity contribution is 5.93. The Bertz CT molecular complexity index is 1010. The van der Waals surface area contributed by atoms with Gasteiger partial charge in [-0.1, -0.05) is 23.4 Å². The third kappa shape index (κ3) is 4.92. The Hall–Kier alpha value is -3.36. The predicted molar refractivity (Wildman–Crippen MR) is 100 cm³/mol. The Balaban J connectivity index is 1.57. The third-order valence-electron chi connectivity index (χ3n) is 4.17. The van der Waals surface area contributed by atoms with Crippen LogP contribution in [0.25, 0.3) is 5.69 Å². The topological polar surface area (TPSA) is 69.0 Å². The van der Waals surface area contributed by atoms with Crippen molar-refractivity contribution in [2.75, 3.05) is 13.2 Å². The molecule has 0 spiro atoms. The SMILES string of the molecule is Cc1cccc(-n2nnc(C(=O)NCCOc3cccc(C(F)(F)F)c3)c2C)c1. The third-order valence-corrected chi connectivity index (χ3v) is 4.17. The summed E-state index contributed by atoms with van der Waals surface area (Å²) in [6, 6.07) is 12.2. The van der Waals surface area contributed by atoms with E-state index in [1.807, 2.05) is 31.2 Å². The van der Waals surface area contributed by atoms with Crippen molar-refractivity contribution in [1.29, 1.82) is 0 Å². The van der Waals surface area contributed by atoms with E-state index in [0.29, 0.717) is 5.69 Å². The van der Waals surface area contributed by atoms with Gasteiger partial charge in [0, 0.05) is 0 Å². The smallest absolute Gasteiger partial charge is 0.416 e. The van der Waals surface area contributed by atoms with Gasteiger partial charge >= 0.3 is 6.18 Å². The molecule has 152 valence electrons. The Morgan fingerprint density at radius 1 is 1.14 bits per heavy atom. The summed E-state index contributed by atoms with van der Waals surface area (Å²) in [4.78, 5) is 12.3. The second-order valence-electron chi connectivity index (χ2n) is 6.40. The maximum absolute atomic E-state index is 12.7. The molecular formula is C20H19F3N4O2. The first-order valence-electron chi connectivity index (χ1n) is 8.83. The molecule has 0 aliphatic heterocycles. The van der Waals surface area contributed by atoms with Crippen molar-refractivity contribution in [2.45, 2.75) is 20.0 Å². The molecule has 2 aromatic carbocycles. The van der Waals surface area contributed by atoms with Gasteiger partial charge in [0.05, 0.1) is 23.5 Å². The number of hydrogen-bond acceptors (Lipinski definition) is 4. The van der Waals surface area contributed by atoms with Crippen molar-refractivity contribution in [1.82, 2.24) is 20.3 Å². The monoisotopic (exact) mass is 404 g/mol. The molecule has 0 atom stereocenters. The summed E-state index contributed by atoms with van der Waals surface area (Å²) < 4.78 is 45.0. The highest BCUT2D eigenvalue weighted by atomic mass is 19.4. The van der Waals surface area contributed by atoms with Crippen molar-refractivity contribution in [3.05, 3.63) is 71.0 Å². The summed E-state index contributed by atoms with van der Waals surface area (Å²) in [5.41, 5.74) is 1.80. The van der Waals surface area contributed by atoms with E-state index in [2.05, 4.69) is 15.6 Å². The maximum Gasteiger partial charge on any atom is 0.416 e. The zero-order chi connectivity index (χ0) is 21.0. The highest BCUT2D eigenvalue weighted by Crippen LogP contribution is 2.31. The van der Waals surface area contributed by atoms with Crippen LogP contribution in [-0.4, -0.2) is 34.1 Å². The second-order valence-corrected chi connectivity index (χ2v) is 6.40. The Kier molecular flexibility index (Phi) is 5.86. The molecule has 1 heterocycles. The molecule has 6 nitrogen and oxygen atoms in total. The number of halogens is 3. The molecule has 0 unspecified atom stereocenters. The largest absolute Gasteiger partial charge is 0.492 e. The number of benzene rings is 2. The first kappa shape index (κ1) is 20.4. The predicted octanol–water partition coefficient (Wildman–Crippen LogP) is 3.71. The summed E-state index contributed by atoms with van der Waals surface area (Å²) in [5, 5.41) is 10.6. The zero-order valence-corrected chi connectivity index (χ0v) is 15.8. The quantitative estimate of drug-likeness (QED) is 0.636. The van der Waals surface area contributed by atoms with Crippen molar-refractivity contribution >= 4 is 5.91 Å². The van der Waals surface area contributed by atoms with Crippen LogP contribution in [-0.2, 0) is 6.18 Å². The summed E-state index contributed by atoms with van der Waals surface area (Å²) in [7, 11) is 0. The summed E-state index contributed by atoms with van der Waals surface area (Å²) in [6.45, 7) is 3.80. The minimum Gasteiger partial charge on any atom is -0.492 e. The lowest BCUT2D eigenvalue weighted by atomic mass is 10.2. The highest BCUT2D eigenvalue weighted by Gasteiger charge is 2.30. The van der Waals surface area contributed by atoms with Gasteiger partial charge in [-0.25, -0.2) is 4.68 Å². The number of ether oxygens (including phenoxy) is 1. The molecule has 29 heavy (non-hydrogen) atoms. The van der Waals surface area contributed by atoms with Gasteiger partial charge in [-0.05, 0) is 49.7 Å². The van der Waals surface area contributed by atoms with Crippen LogP contribution in [0.5, 0.6) is 5.75 Å². The number of aryl methyl sites for hydroxylation is 1. The van der Waals surface area contributed by atoms with Crippen LogP contribution in [0.15, 0.2) is 48.5 Å². The van der Waals surface area contributed by atoms with Crippen LogP contribution >= 0.6 is 0 Å². The molecule has 1 aromatic heterocycles. The number of nitrogens with one attached hydrogen (secondary N) is 1. The normalized spacial score (nSPS) is 11.3. The van der Waals surface area contributed by atoms with E-state index in [1.54, 1.807) is 11.6 Å². The fourth-order valence-corrected chi connectivity index (χ4v) is 2.72. The lowest BCUT2D eigenvalue weighted by Crippen LogP contribution is -2.29. The van der Waals surface area contributed by atoms with E-state index in [9.17, 15) is 18.0 Å². The van der Waals surface area contributed by atoms with Crippen molar-refractivity contribution in [2.24, 2.45) is 0 Å². The molecule has 3 aromatic rings. The zero-order valence-electron chi connectivity index (χ0n) is 15.8. The minimum absolute atomic E-state index is 0.0120. The number of carbonyl (C=O) groups is 1. The lowest BCUT2D eigenvalue weighted by Gasteiger charge is -2.10. The number of rotatable bonds is 6. The molecule has 0 bridgehead atoms. The minimum atomic E-state index is -4.44. The fraction of sp³-hybridized carbons (Fsp3) is 0.250. The molecule has 9 heteroatoms. The van der Waals surface area contributed by atoms with Crippen molar-refractivity contribution < 1.29 is 22.7 Å². The average Bonchev–Trinajstić information content (AvgIpc) is 3.06. The van der Waals surface area contributed by atoms with E-state index in [4.69, 9.17) is 4.74 Å². The molecule has 0 saturated heterocycles. The van der Waals surface area contributed by atoms with Crippen LogP contribution in [0.2, 0.25) is 0 Å². The summed E-state index contributed by atoms with van der Waals surface area (Å²) in [5.74, 6) is -0.357. The van der Waals surface area contributed by atoms with Crippen LogP contribution < -0.4 is 10.1 Å². The van der Waals surface area contributed by atoms with E-state index in [-0.39, 0.29) is 24.6 Å². The summed E-state index contributed by atoms with van der Waals surface area (Å²) >= 11 is 0. The van der Waals surface area contributed by atoms with Crippen molar-refractivity contribution in [3.8, 4) is 11.4 Å².